The highest BCUT2D eigenvalue weighted by Gasteiger charge is 2.15. The molecule has 0 radical (unpaired) electrons. The fourth-order valence-electron chi connectivity index (χ4n) is 2.32. The van der Waals surface area contributed by atoms with Gasteiger partial charge in [-0.3, -0.25) is 4.90 Å². The second-order valence-electron chi connectivity index (χ2n) is 5.20. The van der Waals surface area contributed by atoms with Crippen molar-refractivity contribution in [1.82, 2.24) is 4.90 Å². The normalized spacial score (nSPS) is 13.0. The van der Waals surface area contributed by atoms with E-state index < -0.39 is 0 Å². The molecule has 0 bridgehead atoms. The zero-order chi connectivity index (χ0) is 14.4. The Kier molecular flexibility index (Phi) is 5.44. The molecule has 0 aliphatic heterocycles. The molecule has 1 N–H and O–H groups in total. The number of aliphatic hydroxyl groups is 1. The summed E-state index contributed by atoms with van der Waals surface area (Å²) >= 11 is 0. The maximum absolute atomic E-state index is 10.0. The summed E-state index contributed by atoms with van der Waals surface area (Å²) in [4.78, 5) is 2.15. The first kappa shape index (κ1) is 14.9. The lowest BCUT2D eigenvalue weighted by Gasteiger charge is -2.23. The highest BCUT2D eigenvalue weighted by atomic mass is 16.3. The van der Waals surface area contributed by atoms with Gasteiger partial charge in [0.1, 0.15) is 17.3 Å². The summed E-state index contributed by atoms with van der Waals surface area (Å²) in [6.07, 6.45) is 3.15. The first-order chi connectivity index (χ1) is 9.67. The SMILES string of the molecule is CCCC(O)CN(Cc1ccco1)Cc1ccc(C)o1. The lowest BCUT2D eigenvalue weighted by molar-refractivity contribution is 0.0891. The zero-order valence-electron chi connectivity index (χ0n) is 12.2. The smallest absolute Gasteiger partial charge is 0.118 e. The molecule has 1 unspecified atom stereocenters. The third kappa shape index (κ3) is 4.54. The average Bonchev–Trinajstić information content (AvgIpc) is 3.01. The molecular weight excluding hydrogens is 254 g/mol. The topological polar surface area (TPSA) is 49.8 Å². The Morgan fingerprint density at radius 3 is 2.60 bits per heavy atom. The first-order valence-corrected chi connectivity index (χ1v) is 7.15. The van der Waals surface area contributed by atoms with Gasteiger partial charge < -0.3 is 13.9 Å². The van der Waals surface area contributed by atoms with Crippen molar-refractivity contribution in [3.8, 4) is 0 Å². The van der Waals surface area contributed by atoms with E-state index in [2.05, 4.69) is 11.8 Å². The lowest BCUT2D eigenvalue weighted by atomic mass is 10.2. The molecule has 1 atom stereocenters. The van der Waals surface area contributed by atoms with E-state index in [-0.39, 0.29) is 6.10 Å². The van der Waals surface area contributed by atoms with E-state index in [9.17, 15) is 5.11 Å². The van der Waals surface area contributed by atoms with E-state index in [0.717, 1.165) is 30.1 Å². The number of furan rings is 2. The molecule has 4 heteroatoms. The van der Waals surface area contributed by atoms with E-state index in [1.165, 1.54) is 0 Å². The van der Waals surface area contributed by atoms with Crippen LogP contribution in [0.5, 0.6) is 0 Å². The second kappa shape index (κ2) is 7.31. The minimum Gasteiger partial charge on any atom is -0.468 e. The third-order valence-electron chi connectivity index (χ3n) is 3.23. The van der Waals surface area contributed by atoms with Crippen molar-refractivity contribution in [2.75, 3.05) is 6.54 Å². The fraction of sp³-hybridized carbons (Fsp3) is 0.500. The first-order valence-electron chi connectivity index (χ1n) is 7.15. The number of rotatable bonds is 8. The van der Waals surface area contributed by atoms with Crippen molar-refractivity contribution >= 4 is 0 Å². The average molecular weight is 277 g/mol. The summed E-state index contributed by atoms with van der Waals surface area (Å²) in [5, 5.41) is 10.0. The van der Waals surface area contributed by atoms with Gasteiger partial charge in [-0.05, 0) is 37.6 Å². The Balaban J connectivity index is 1.98. The minimum absolute atomic E-state index is 0.314. The monoisotopic (exact) mass is 277 g/mol. The summed E-state index contributed by atoms with van der Waals surface area (Å²) in [5.74, 6) is 2.72. The molecule has 20 heavy (non-hydrogen) atoms. The molecule has 4 nitrogen and oxygen atoms in total. The van der Waals surface area contributed by atoms with E-state index in [4.69, 9.17) is 8.83 Å². The molecule has 110 valence electrons. The maximum atomic E-state index is 10.0. The van der Waals surface area contributed by atoms with Crippen LogP contribution in [0.25, 0.3) is 0 Å². The number of nitrogens with zero attached hydrogens (tertiary/aromatic N) is 1. The Labute approximate surface area is 120 Å². The van der Waals surface area contributed by atoms with Crippen molar-refractivity contribution in [3.05, 3.63) is 47.8 Å². The Morgan fingerprint density at radius 2 is 2.00 bits per heavy atom. The van der Waals surface area contributed by atoms with Crippen LogP contribution in [0.4, 0.5) is 0 Å². The van der Waals surface area contributed by atoms with Gasteiger partial charge in [-0.15, -0.1) is 0 Å². The quantitative estimate of drug-likeness (QED) is 0.804. The zero-order valence-corrected chi connectivity index (χ0v) is 12.2. The molecule has 2 aromatic rings. The predicted molar refractivity (Wildman–Crippen MR) is 77.2 cm³/mol. The van der Waals surface area contributed by atoms with Crippen LogP contribution in [-0.2, 0) is 13.1 Å². The minimum atomic E-state index is -0.314. The third-order valence-corrected chi connectivity index (χ3v) is 3.23. The number of hydrogen-bond acceptors (Lipinski definition) is 4. The van der Waals surface area contributed by atoms with Crippen molar-refractivity contribution in [1.29, 1.82) is 0 Å². The van der Waals surface area contributed by atoms with Gasteiger partial charge in [0.05, 0.1) is 25.5 Å². The highest BCUT2D eigenvalue weighted by Crippen LogP contribution is 2.14. The van der Waals surface area contributed by atoms with Gasteiger partial charge in [0.2, 0.25) is 0 Å². The van der Waals surface area contributed by atoms with E-state index in [0.29, 0.717) is 19.6 Å². The van der Waals surface area contributed by atoms with Crippen LogP contribution in [-0.4, -0.2) is 22.7 Å². The molecule has 2 aromatic heterocycles. The molecule has 0 saturated carbocycles. The summed E-state index contributed by atoms with van der Waals surface area (Å²) in [7, 11) is 0. The van der Waals surface area contributed by atoms with Gasteiger partial charge in [-0.25, -0.2) is 0 Å². The number of aryl methyl sites for hydroxylation is 1. The predicted octanol–water partition coefficient (Wildman–Crippen LogP) is 3.34. The molecule has 0 saturated heterocycles. The molecule has 0 spiro atoms. The van der Waals surface area contributed by atoms with Crippen LogP contribution >= 0.6 is 0 Å². The summed E-state index contributed by atoms with van der Waals surface area (Å²) in [6, 6.07) is 7.78. The summed E-state index contributed by atoms with van der Waals surface area (Å²) in [6.45, 7) is 5.99. The highest BCUT2D eigenvalue weighted by molar-refractivity contribution is 5.06. The second-order valence-corrected chi connectivity index (χ2v) is 5.20. The van der Waals surface area contributed by atoms with E-state index in [1.807, 2.05) is 31.2 Å². The van der Waals surface area contributed by atoms with Crippen molar-refractivity contribution in [2.24, 2.45) is 0 Å². The van der Waals surface area contributed by atoms with Crippen LogP contribution in [0.1, 0.15) is 37.0 Å². The standard InChI is InChI=1S/C16H23NO3/c1-3-5-14(18)10-17(11-15-6-4-9-19-15)12-16-8-7-13(2)20-16/h4,6-9,14,18H,3,5,10-12H2,1-2H3. The van der Waals surface area contributed by atoms with Gasteiger partial charge in [0.15, 0.2) is 0 Å². The van der Waals surface area contributed by atoms with Gasteiger partial charge in [-0.2, -0.15) is 0 Å². The van der Waals surface area contributed by atoms with Gasteiger partial charge >= 0.3 is 0 Å². The largest absolute Gasteiger partial charge is 0.468 e. The summed E-state index contributed by atoms with van der Waals surface area (Å²) in [5.41, 5.74) is 0. The molecule has 0 aromatic carbocycles. The lowest BCUT2D eigenvalue weighted by Crippen LogP contribution is -2.31. The summed E-state index contributed by atoms with van der Waals surface area (Å²) < 4.78 is 11.0. The van der Waals surface area contributed by atoms with Gasteiger partial charge in [-0.1, -0.05) is 13.3 Å². The molecule has 0 amide bonds. The number of aliphatic hydroxyl groups excluding tert-OH is 1. The van der Waals surface area contributed by atoms with E-state index >= 15 is 0 Å². The molecular formula is C16H23NO3. The Bertz CT molecular complexity index is 490. The molecule has 0 aliphatic carbocycles. The molecule has 2 heterocycles. The van der Waals surface area contributed by atoms with Gasteiger partial charge in [0, 0.05) is 6.54 Å². The van der Waals surface area contributed by atoms with Crippen LogP contribution in [0.2, 0.25) is 0 Å². The van der Waals surface area contributed by atoms with Crippen molar-refractivity contribution in [2.45, 2.75) is 45.9 Å². The fourth-order valence-corrected chi connectivity index (χ4v) is 2.32. The van der Waals surface area contributed by atoms with Crippen LogP contribution in [0, 0.1) is 6.92 Å². The van der Waals surface area contributed by atoms with Crippen molar-refractivity contribution in [3.63, 3.8) is 0 Å². The molecule has 0 fully saturated rings. The van der Waals surface area contributed by atoms with Crippen LogP contribution in [0.15, 0.2) is 39.4 Å². The van der Waals surface area contributed by atoms with Crippen molar-refractivity contribution < 1.29 is 13.9 Å². The Hall–Kier alpha value is -1.52. The van der Waals surface area contributed by atoms with E-state index in [1.54, 1.807) is 6.26 Å². The van der Waals surface area contributed by atoms with Crippen LogP contribution in [0.3, 0.4) is 0 Å². The Morgan fingerprint density at radius 1 is 1.20 bits per heavy atom. The van der Waals surface area contributed by atoms with Crippen LogP contribution < -0.4 is 0 Å². The van der Waals surface area contributed by atoms with Gasteiger partial charge in [0.25, 0.3) is 0 Å². The maximum Gasteiger partial charge on any atom is 0.118 e. The molecule has 2 rings (SSSR count). The number of hydrogen-bond donors (Lipinski definition) is 1. The molecule has 0 aliphatic rings.